The molecule has 0 amide bonds. The summed E-state index contributed by atoms with van der Waals surface area (Å²) in [5, 5.41) is 5.63. The summed E-state index contributed by atoms with van der Waals surface area (Å²) in [4.78, 5) is 5.15. The maximum Gasteiger partial charge on any atom is 0.166 e. The van der Waals surface area contributed by atoms with Gasteiger partial charge in [0.2, 0.25) is 0 Å². The molecule has 0 aliphatic rings. The van der Waals surface area contributed by atoms with Crippen molar-refractivity contribution in [1.82, 2.24) is 14.8 Å². The largest absolute Gasteiger partial charge is 0.488 e. The van der Waals surface area contributed by atoms with Crippen LogP contribution in [0.1, 0.15) is 19.5 Å². The van der Waals surface area contributed by atoms with E-state index in [0.29, 0.717) is 0 Å². The molecule has 0 saturated carbocycles. The van der Waals surface area contributed by atoms with Crippen molar-refractivity contribution in [3.05, 3.63) is 72.3 Å². The van der Waals surface area contributed by atoms with Gasteiger partial charge in [0.1, 0.15) is 5.82 Å². The predicted octanol–water partition coefficient (Wildman–Crippen LogP) is 5.77. The minimum absolute atomic E-state index is 0.0753. The number of fused-ring (bicyclic) bond motifs is 1. The second kappa shape index (κ2) is 8.13. The average Bonchev–Trinajstić information content (AvgIpc) is 3.08. The van der Waals surface area contributed by atoms with E-state index in [2.05, 4.69) is 14.8 Å². The Morgan fingerprint density at radius 1 is 1.10 bits per heavy atom. The molecule has 2 heterocycles. The van der Waals surface area contributed by atoms with E-state index in [1.807, 2.05) is 67.9 Å². The van der Waals surface area contributed by atoms with Crippen molar-refractivity contribution in [2.45, 2.75) is 31.8 Å². The van der Waals surface area contributed by atoms with E-state index >= 15 is 0 Å². The predicted molar refractivity (Wildman–Crippen MR) is 115 cm³/mol. The fourth-order valence-electron chi connectivity index (χ4n) is 3.03. The molecule has 0 spiro atoms. The third kappa shape index (κ3) is 4.19. The van der Waals surface area contributed by atoms with Gasteiger partial charge in [0.15, 0.2) is 11.6 Å². The number of nitrogens with zero attached hydrogens (tertiary/aromatic N) is 3. The zero-order chi connectivity index (χ0) is 20.4. The molecule has 7 heteroatoms. The van der Waals surface area contributed by atoms with Crippen molar-refractivity contribution >= 4 is 28.7 Å². The van der Waals surface area contributed by atoms with Crippen molar-refractivity contribution in [2.24, 2.45) is 0 Å². The summed E-state index contributed by atoms with van der Waals surface area (Å²) >= 11 is 1.32. The molecule has 0 bridgehead atoms. The van der Waals surface area contributed by atoms with E-state index in [-0.39, 0.29) is 17.7 Å². The standard InChI is InChI=1S/C22H21FN4OS/c1-14(2)28-21-10-9-16(13-18(21)23)29-26-22-12-15(3)25-27(22)20-8-4-7-19-17(20)6-5-11-24-19/h4-14,26H,1-3H3. The molecule has 148 valence electrons. The molecule has 1 N–H and O–H groups in total. The number of nitrogens with one attached hydrogen (secondary N) is 1. The van der Waals surface area contributed by atoms with Crippen LogP contribution >= 0.6 is 11.9 Å². The zero-order valence-corrected chi connectivity index (χ0v) is 17.2. The summed E-state index contributed by atoms with van der Waals surface area (Å²) in [7, 11) is 0. The number of anilines is 1. The molecule has 5 nitrogen and oxygen atoms in total. The highest BCUT2D eigenvalue weighted by atomic mass is 32.2. The van der Waals surface area contributed by atoms with Crippen LogP contribution in [-0.4, -0.2) is 20.9 Å². The molecule has 0 saturated heterocycles. The minimum atomic E-state index is -0.379. The summed E-state index contributed by atoms with van der Waals surface area (Å²) < 4.78 is 24.9. The Morgan fingerprint density at radius 2 is 1.97 bits per heavy atom. The number of benzene rings is 2. The SMILES string of the molecule is Cc1cc(NSc2ccc(OC(C)C)c(F)c2)n(-c2cccc3ncccc23)n1. The highest BCUT2D eigenvalue weighted by Crippen LogP contribution is 2.29. The molecule has 0 radical (unpaired) electrons. The lowest BCUT2D eigenvalue weighted by atomic mass is 10.2. The van der Waals surface area contributed by atoms with Gasteiger partial charge in [-0.2, -0.15) is 5.10 Å². The van der Waals surface area contributed by atoms with Gasteiger partial charge in [-0.25, -0.2) is 9.07 Å². The number of ether oxygens (including phenoxy) is 1. The topological polar surface area (TPSA) is 52.0 Å². The van der Waals surface area contributed by atoms with Gasteiger partial charge in [0, 0.05) is 22.5 Å². The van der Waals surface area contributed by atoms with Crippen LogP contribution in [-0.2, 0) is 0 Å². The van der Waals surface area contributed by atoms with E-state index in [9.17, 15) is 4.39 Å². The first kappa shape index (κ1) is 19.3. The Labute approximate surface area is 173 Å². The Morgan fingerprint density at radius 3 is 2.76 bits per heavy atom. The summed E-state index contributed by atoms with van der Waals surface area (Å²) in [6, 6.07) is 16.8. The van der Waals surface area contributed by atoms with Crippen molar-refractivity contribution in [3.63, 3.8) is 0 Å². The first-order chi connectivity index (χ1) is 14.0. The molecule has 0 fully saturated rings. The number of aromatic nitrogens is 3. The van der Waals surface area contributed by atoms with Crippen LogP contribution in [0.5, 0.6) is 5.75 Å². The quantitative estimate of drug-likeness (QED) is 0.410. The lowest BCUT2D eigenvalue weighted by Crippen LogP contribution is -2.07. The Hall–Kier alpha value is -3.06. The Balaban J connectivity index is 1.60. The van der Waals surface area contributed by atoms with Crippen molar-refractivity contribution in [2.75, 3.05) is 4.72 Å². The average molecular weight is 409 g/mol. The molecule has 4 aromatic rings. The fraction of sp³-hybridized carbons (Fsp3) is 0.182. The first-order valence-corrected chi connectivity index (χ1v) is 10.1. The first-order valence-electron chi connectivity index (χ1n) is 9.31. The third-order valence-corrected chi connectivity index (χ3v) is 5.02. The van der Waals surface area contributed by atoms with Crippen LogP contribution in [0.4, 0.5) is 10.2 Å². The number of rotatable bonds is 6. The summed E-state index contributed by atoms with van der Waals surface area (Å²) in [6.45, 7) is 5.68. The normalized spacial score (nSPS) is 11.2. The van der Waals surface area contributed by atoms with E-state index in [1.54, 1.807) is 12.3 Å². The van der Waals surface area contributed by atoms with Crippen LogP contribution in [0.25, 0.3) is 16.6 Å². The van der Waals surface area contributed by atoms with Crippen molar-refractivity contribution < 1.29 is 9.13 Å². The van der Waals surface area contributed by atoms with Gasteiger partial charge < -0.3 is 9.46 Å². The minimum Gasteiger partial charge on any atom is -0.488 e. The van der Waals surface area contributed by atoms with Crippen LogP contribution in [0.15, 0.2) is 65.7 Å². The van der Waals surface area contributed by atoms with Gasteiger partial charge in [-0.05, 0) is 75.2 Å². The molecule has 29 heavy (non-hydrogen) atoms. The lowest BCUT2D eigenvalue weighted by molar-refractivity contribution is 0.231. The van der Waals surface area contributed by atoms with Gasteiger partial charge in [-0.1, -0.05) is 6.07 Å². The highest BCUT2D eigenvalue weighted by molar-refractivity contribution is 8.00. The molecule has 2 aromatic carbocycles. The number of pyridine rings is 1. The summed E-state index contributed by atoms with van der Waals surface area (Å²) in [6.07, 6.45) is 1.70. The molecule has 0 unspecified atom stereocenters. The van der Waals surface area contributed by atoms with Crippen LogP contribution < -0.4 is 9.46 Å². The Kier molecular flexibility index (Phi) is 5.40. The molecular formula is C22H21FN4OS. The number of hydrogen-bond donors (Lipinski definition) is 1. The van der Waals surface area contributed by atoms with Crippen molar-refractivity contribution in [1.29, 1.82) is 0 Å². The maximum absolute atomic E-state index is 14.3. The molecule has 0 aliphatic heterocycles. The van der Waals surface area contributed by atoms with Crippen LogP contribution in [0.2, 0.25) is 0 Å². The van der Waals surface area contributed by atoms with E-state index in [4.69, 9.17) is 4.74 Å². The van der Waals surface area contributed by atoms with E-state index in [1.165, 1.54) is 18.0 Å². The van der Waals surface area contributed by atoms with E-state index < -0.39 is 0 Å². The summed E-state index contributed by atoms with van der Waals surface area (Å²) in [5.74, 6) is 0.676. The third-order valence-electron chi connectivity index (χ3n) is 4.22. The van der Waals surface area contributed by atoms with Crippen LogP contribution in [0, 0.1) is 12.7 Å². The van der Waals surface area contributed by atoms with Gasteiger partial charge in [-0.3, -0.25) is 4.98 Å². The zero-order valence-electron chi connectivity index (χ0n) is 16.4. The monoisotopic (exact) mass is 408 g/mol. The molecular weight excluding hydrogens is 387 g/mol. The maximum atomic E-state index is 14.3. The van der Waals surface area contributed by atoms with Crippen molar-refractivity contribution in [3.8, 4) is 11.4 Å². The molecule has 0 aliphatic carbocycles. The lowest BCUT2D eigenvalue weighted by Gasteiger charge is -2.13. The van der Waals surface area contributed by atoms with E-state index in [0.717, 1.165) is 33.0 Å². The van der Waals surface area contributed by atoms with Gasteiger partial charge in [0.25, 0.3) is 0 Å². The van der Waals surface area contributed by atoms with Gasteiger partial charge >= 0.3 is 0 Å². The second-order valence-corrected chi connectivity index (χ2v) is 7.77. The van der Waals surface area contributed by atoms with Gasteiger partial charge in [0.05, 0.1) is 23.0 Å². The fourth-order valence-corrected chi connectivity index (χ4v) is 3.70. The summed E-state index contributed by atoms with van der Waals surface area (Å²) in [5.41, 5.74) is 2.71. The van der Waals surface area contributed by atoms with Gasteiger partial charge in [-0.15, -0.1) is 0 Å². The highest BCUT2D eigenvalue weighted by Gasteiger charge is 2.12. The number of aryl methyl sites for hydroxylation is 1. The number of halogens is 1. The Bertz CT molecular complexity index is 1150. The van der Waals surface area contributed by atoms with Crippen LogP contribution in [0.3, 0.4) is 0 Å². The molecule has 2 aromatic heterocycles. The number of hydrogen-bond acceptors (Lipinski definition) is 5. The second-order valence-electron chi connectivity index (χ2n) is 6.89. The smallest absolute Gasteiger partial charge is 0.166 e. The molecule has 0 atom stereocenters. The molecule has 4 rings (SSSR count).